The van der Waals surface area contributed by atoms with Gasteiger partial charge in [-0.25, -0.2) is 0 Å². The molecule has 1 saturated carbocycles. The highest BCUT2D eigenvalue weighted by Gasteiger charge is 2.26. The third kappa shape index (κ3) is 2.87. The molecule has 1 aliphatic rings. The molecular formula is C15H21NO. The third-order valence-electron chi connectivity index (χ3n) is 3.72. The van der Waals surface area contributed by atoms with Crippen LogP contribution >= 0.6 is 0 Å². The summed E-state index contributed by atoms with van der Waals surface area (Å²) in [5, 5.41) is 3.10. The summed E-state index contributed by atoms with van der Waals surface area (Å²) in [6, 6.07) is 8.63. The maximum Gasteiger partial charge on any atom is 0.223 e. The van der Waals surface area contributed by atoms with Crippen molar-refractivity contribution in [1.82, 2.24) is 5.32 Å². The highest BCUT2D eigenvalue weighted by Crippen LogP contribution is 2.27. The zero-order chi connectivity index (χ0) is 12.3. The number of carbonyl (C=O) groups is 1. The first-order valence-corrected chi connectivity index (χ1v) is 6.60. The number of nitrogens with one attached hydrogen (secondary N) is 1. The van der Waals surface area contributed by atoms with E-state index in [2.05, 4.69) is 43.4 Å². The van der Waals surface area contributed by atoms with Crippen LogP contribution < -0.4 is 5.32 Å². The zero-order valence-electron chi connectivity index (χ0n) is 10.7. The van der Waals surface area contributed by atoms with Crippen LogP contribution in [0.5, 0.6) is 0 Å². The van der Waals surface area contributed by atoms with Gasteiger partial charge in [-0.15, -0.1) is 0 Å². The highest BCUT2D eigenvalue weighted by atomic mass is 16.1. The first-order valence-electron chi connectivity index (χ1n) is 6.60. The predicted octanol–water partition coefficient (Wildman–Crippen LogP) is 3.23. The second-order valence-corrected chi connectivity index (χ2v) is 4.95. The van der Waals surface area contributed by atoms with Crippen LogP contribution in [0.1, 0.15) is 50.3 Å². The molecule has 1 fully saturated rings. The Balaban J connectivity index is 1.93. The summed E-state index contributed by atoms with van der Waals surface area (Å²) < 4.78 is 0. The molecule has 0 unspecified atom stereocenters. The lowest BCUT2D eigenvalue weighted by atomic mass is 9.84. The number of aryl methyl sites for hydroxylation is 1. The van der Waals surface area contributed by atoms with Gasteiger partial charge in [0, 0.05) is 5.92 Å². The Kier molecular flexibility index (Phi) is 3.82. The Morgan fingerprint density at radius 3 is 2.47 bits per heavy atom. The fourth-order valence-corrected chi connectivity index (χ4v) is 2.13. The summed E-state index contributed by atoms with van der Waals surface area (Å²) in [7, 11) is 0. The van der Waals surface area contributed by atoms with Gasteiger partial charge in [0.25, 0.3) is 0 Å². The average Bonchev–Trinajstić information content (AvgIpc) is 2.26. The number of amides is 1. The van der Waals surface area contributed by atoms with Crippen molar-refractivity contribution in [2.75, 3.05) is 0 Å². The molecule has 1 N–H and O–H groups in total. The van der Waals surface area contributed by atoms with E-state index in [-0.39, 0.29) is 17.9 Å². The van der Waals surface area contributed by atoms with E-state index in [1.54, 1.807) is 0 Å². The van der Waals surface area contributed by atoms with E-state index >= 15 is 0 Å². The molecule has 1 aromatic carbocycles. The summed E-state index contributed by atoms with van der Waals surface area (Å²) in [4.78, 5) is 11.8. The lowest BCUT2D eigenvalue weighted by molar-refractivity contribution is -0.128. The van der Waals surface area contributed by atoms with Gasteiger partial charge >= 0.3 is 0 Å². The SMILES string of the molecule is CCc1ccc([C@H](C)NC(=O)C2CCC2)cc1. The topological polar surface area (TPSA) is 29.1 Å². The van der Waals surface area contributed by atoms with Crippen molar-refractivity contribution in [3.05, 3.63) is 35.4 Å². The first kappa shape index (κ1) is 12.2. The molecule has 1 aromatic rings. The minimum Gasteiger partial charge on any atom is -0.349 e. The van der Waals surface area contributed by atoms with Gasteiger partial charge < -0.3 is 5.32 Å². The maximum absolute atomic E-state index is 11.8. The minimum absolute atomic E-state index is 0.119. The van der Waals surface area contributed by atoms with Gasteiger partial charge in [0.05, 0.1) is 6.04 Å². The molecule has 1 amide bonds. The summed E-state index contributed by atoms with van der Waals surface area (Å²) in [5.41, 5.74) is 2.53. The Morgan fingerprint density at radius 2 is 2.00 bits per heavy atom. The quantitative estimate of drug-likeness (QED) is 0.847. The van der Waals surface area contributed by atoms with Crippen molar-refractivity contribution in [3.8, 4) is 0 Å². The molecule has 0 spiro atoms. The van der Waals surface area contributed by atoms with Crippen molar-refractivity contribution in [2.45, 2.75) is 45.6 Å². The third-order valence-corrected chi connectivity index (χ3v) is 3.72. The van der Waals surface area contributed by atoms with Crippen LogP contribution in [-0.2, 0) is 11.2 Å². The molecule has 0 heterocycles. The number of carbonyl (C=O) groups excluding carboxylic acids is 1. The van der Waals surface area contributed by atoms with Crippen molar-refractivity contribution in [3.63, 3.8) is 0 Å². The van der Waals surface area contributed by atoms with E-state index in [1.165, 1.54) is 17.5 Å². The van der Waals surface area contributed by atoms with Gasteiger partial charge in [-0.1, -0.05) is 37.6 Å². The van der Waals surface area contributed by atoms with Crippen molar-refractivity contribution < 1.29 is 4.79 Å². The molecular weight excluding hydrogens is 210 g/mol. The summed E-state index contributed by atoms with van der Waals surface area (Å²) in [5.74, 6) is 0.496. The summed E-state index contributed by atoms with van der Waals surface area (Å²) in [6.45, 7) is 4.20. The van der Waals surface area contributed by atoms with Crippen LogP contribution in [-0.4, -0.2) is 5.91 Å². The van der Waals surface area contributed by atoms with Gasteiger partial charge in [-0.05, 0) is 37.3 Å². The molecule has 2 rings (SSSR count). The number of hydrogen-bond acceptors (Lipinski definition) is 1. The van der Waals surface area contributed by atoms with E-state index < -0.39 is 0 Å². The lowest BCUT2D eigenvalue weighted by Crippen LogP contribution is -2.35. The molecule has 0 aliphatic heterocycles. The number of benzene rings is 1. The van der Waals surface area contributed by atoms with Gasteiger partial charge in [-0.2, -0.15) is 0 Å². The Morgan fingerprint density at radius 1 is 1.35 bits per heavy atom. The molecule has 0 bridgehead atoms. The Hall–Kier alpha value is -1.31. The van der Waals surface area contributed by atoms with Crippen LogP contribution in [0.25, 0.3) is 0 Å². The average molecular weight is 231 g/mol. The number of hydrogen-bond donors (Lipinski definition) is 1. The fraction of sp³-hybridized carbons (Fsp3) is 0.533. The largest absolute Gasteiger partial charge is 0.349 e. The second kappa shape index (κ2) is 5.35. The Bertz CT molecular complexity index is 378. The molecule has 17 heavy (non-hydrogen) atoms. The van der Waals surface area contributed by atoms with E-state index in [0.717, 1.165) is 19.3 Å². The molecule has 1 atom stereocenters. The zero-order valence-corrected chi connectivity index (χ0v) is 10.7. The molecule has 0 radical (unpaired) electrons. The second-order valence-electron chi connectivity index (χ2n) is 4.95. The predicted molar refractivity (Wildman–Crippen MR) is 69.7 cm³/mol. The monoisotopic (exact) mass is 231 g/mol. The normalized spacial score (nSPS) is 17.3. The van der Waals surface area contributed by atoms with Gasteiger partial charge in [0.2, 0.25) is 5.91 Å². The van der Waals surface area contributed by atoms with Gasteiger partial charge in [-0.3, -0.25) is 4.79 Å². The van der Waals surface area contributed by atoms with Crippen molar-refractivity contribution >= 4 is 5.91 Å². The Labute approximate surface area is 103 Å². The standard InChI is InChI=1S/C15H21NO/c1-3-12-7-9-13(10-8-12)11(2)16-15(17)14-5-4-6-14/h7-11,14H,3-6H2,1-2H3,(H,16,17)/t11-/m0/s1. The van der Waals surface area contributed by atoms with E-state index in [4.69, 9.17) is 0 Å². The molecule has 2 heteroatoms. The minimum atomic E-state index is 0.119. The molecule has 1 aliphatic carbocycles. The molecule has 0 saturated heterocycles. The fourth-order valence-electron chi connectivity index (χ4n) is 2.13. The van der Waals surface area contributed by atoms with Gasteiger partial charge in [0.15, 0.2) is 0 Å². The van der Waals surface area contributed by atoms with Gasteiger partial charge in [0.1, 0.15) is 0 Å². The van der Waals surface area contributed by atoms with Crippen LogP contribution in [0, 0.1) is 5.92 Å². The van der Waals surface area contributed by atoms with E-state index in [9.17, 15) is 4.79 Å². The van der Waals surface area contributed by atoms with Crippen molar-refractivity contribution in [2.24, 2.45) is 5.92 Å². The highest BCUT2D eigenvalue weighted by molar-refractivity contribution is 5.79. The lowest BCUT2D eigenvalue weighted by Gasteiger charge is -2.26. The van der Waals surface area contributed by atoms with Crippen molar-refractivity contribution in [1.29, 1.82) is 0 Å². The number of rotatable bonds is 4. The van der Waals surface area contributed by atoms with E-state index in [1.807, 2.05) is 0 Å². The smallest absolute Gasteiger partial charge is 0.223 e. The van der Waals surface area contributed by atoms with Crippen LogP contribution in [0.2, 0.25) is 0 Å². The van der Waals surface area contributed by atoms with E-state index in [0.29, 0.717) is 0 Å². The maximum atomic E-state index is 11.8. The van der Waals surface area contributed by atoms with Crippen LogP contribution in [0.4, 0.5) is 0 Å². The van der Waals surface area contributed by atoms with Crippen LogP contribution in [0.3, 0.4) is 0 Å². The summed E-state index contributed by atoms with van der Waals surface area (Å²) in [6.07, 6.45) is 4.39. The first-order chi connectivity index (χ1) is 8.20. The molecule has 92 valence electrons. The summed E-state index contributed by atoms with van der Waals surface area (Å²) >= 11 is 0. The molecule has 0 aromatic heterocycles. The molecule has 2 nitrogen and oxygen atoms in total. The van der Waals surface area contributed by atoms with Crippen LogP contribution in [0.15, 0.2) is 24.3 Å².